The van der Waals surface area contributed by atoms with E-state index in [4.69, 9.17) is 57.3 Å². The van der Waals surface area contributed by atoms with Crippen molar-refractivity contribution in [1.29, 1.82) is 0 Å². The van der Waals surface area contributed by atoms with Gasteiger partial charge in [0.2, 0.25) is 23.5 Å². The molecule has 80 heavy (non-hydrogen) atoms. The number of amides is 4. The summed E-state index contributed by atoms with van der Waals surface area (Å²) in [6.45, 7) is 11.5. The maximum absolute atomic E-state index is 11.7. The third kappa shape index (κ3) is 20.7. The molecule has 28 nitrogen and oxygen atoms in total. The summed E-state index contributed by atoms with van der Waals surface area (Å²) >= 11 is 6.26. The Hall–Kier alpha value is -9.67. The first-order valence-electron chi connectivity index (χ1n) is 24.5. The van der Waals surface area contributed by atoms with Crippen molar-refractivity contribution < 1.29 is 52.6 Å². The maximum Gasteiger partial charge on any atom is 0.412 e. The van der Waals surface area contributed by atoms with Crippen molar-refractivity contribution in [3.8, 4) is 40.6 Å². The van der Waals surface area contributed by atoms with Gasteiger partial charge in [0.15, 0.2) is 0 Å². The highest BCUT2D eigenvalue weighted by Crippen LogP contribution is 2.31. The second-order valence-corrected chi connectivity index (χ2v) is 16.3. The Bertz CT molecular complexity index is 2880. The van der Waals surface area contributed by atoms with Gasteiger partial charge in [0.1, 0.15) is 97.0 Å². The van der Waals surface area contributed by atoms with Crippen LogP contribution < -0.4 is 57.4 Å². The number of nitrogens with zero attached hydrogens (tertiary/aromatic N) is 10. The lowest BCUT2D eigenvalue weighted by molar-refractivity contribution is -0.120. The van der Waals surface area contributed by atoms with E-state index in [1.54, 1.807) is 61.5 Å². The largest absolute Gasteiger partial charge is 0.438 e. The molecule has 3 aromatic heterocycles. The van der Waals surface area contributed by atoms with Crippen molar-refractivity contribution in [3.05, 3.63) is 113 Å². The standard InChI is InChI=1S/C20H26ClN7O4.C16H19N5O3.C15H17N5O4/c1-2-23-20(29)27-17-4-3-14(11-16(17)21)32-19-15(18(22)24-13-25-19)12-26-31-10-7-28-5-8-30-9-6-28;1-3-18-14(22)8-11-4-6-12(7-5-11)24-16-13(9-21-23-2)15(17)19-10-20-16;1-3-17-15(21)24-11-6-4-10(5-7-11)23-14-12(8-20-22-2)13(16)18-9-19-14/h3-4,11-13H,2,5-10H2,1H3,(H2,22,24,25)(H2,23,27,29);4-7,9-10H,3,8H2,1-2H3,(H,18,22)(H2,17,19,20);4-9H,3H2,1-2H3,(H,17,21)(H2,16,18,19)/b26-12+;21-9+;20-8+. The zero-order chi connectivity index (χ0) is 57.5. The molecule has 424 valence electrons. The van der Waals surface area contributed by atoms with Crippen LogP contribution in [0.2, 0.25) is 5.02 Å². The molecule has 0 radical (unpaired) electrons. The van der Waals surface area contributed by atoms with E-state index in [2.05, 4.69) is 81.2 Å². The van der Waals surface area contributed by atoms with E-state index in [9.17, 15) is 14.4 Å². The van der Waals surface area contributed by atoms with Crippen LogP contribution in [0, 0.1) is 0 Å². The highest BCUT2D eigenvalue weighted by atomic mass is 35.5. The second-order valence-electron chi connectivity index (χ2n) is 15.9. The van der Waals surface area contributed by atoms with E-state index in [-0.39, 0.29) is 47.0 Å². The van der Waals surface area contributed by atoms with Crippen LogP contribution in [0.1, 0.15) is 43.0 Å². The van der Waals surface area contributed by atoms with Crippen LogP contribution in [0.5, 0.6) is 40.6 Å². The summed E-state index contributed by atoms with van der Waals surface area (Å²) in [6, 6.07) is 18.1. The number of nitrogens with one attached hydrogen (secondary N) is 4. The van der Waals surface area contributed by atoms with E-state index < -0.39 is 6.09 Å². The molecule has 3 aromatic carbocycles. The van der Waals surface area contributed by atoms with Crippen molar-refractivity contribution in [2.24, 2.45) is 15.5 Å². The molecular weight excluding hydrogens is 1060 g/mol. The van der Waals surface area contributed by atoms with E-state index in [1.807, 2.05) is 26.0 Å². The van der Waals surface area contributed by atoms with Crippen molar-refractivity contribution >= 4 is 71.4 Å². The van der Waals surface area contributed by atoms with Gasteiger partial charge in [0.05, 0.1) is 49.0 Å². The average Bonchev–Trinajstić information content (AvgIpc) is 3.44. The first-order chi connectivity index (χ1) is 38.8. The number of anilines is 4. The number of hydrogen-bond acceptors (Lipinski definition) is 24. The fraction of sp³-hybridized carbons (Fsp3) is 0.294. The third-order valence-electron chi connectivity index (χ3n) is 10.3. The van der Waals surface area contributed by atoms with Gasteiger partial charge in [-0.1, -0.05) is 39.2 Å². The number of morpholine rings is 1. The Morgan fingerprint density at radius 1 is 0.637 bits per heavy atom. The van der Waals surface area contributed by atoms with Crippen LogP contribution in [0.4, 0.5) is 32.7 Å². The second kappa shape index (κ2) is 33.5. The van der Waals surface area contributed by atoms with Gasteiger partial charge in [-0.2, -0.15) is 0 Å². The smallest absolute Gasteiger partial charge is 0.412 e. The number of oxime groups is 3. The quantitative estimate of drug-likeness (QED) is 0.0241. The molecule has 10 N–H and O–H groups in total. The summed E-state index contributed by atoms with van der Waals surface area (Å²) in [5, 5.41) is 22.1. The molecule has 0 bridgehead atoms. The van der Waals surface area contributed by atoms with E-state index in [1.165, 1.54) is 51.8 Å². The molecule has 1 saturated heterocycles. The zero-order valence-electron chi connectivity index (χ0n) is 44.5. The Kier molecular flexibility index (Phi) is 25.6. The third-order valence-corrected chi connectivity index (χ3v) is 10.6. The number of ether oxygens (including phenoxy) is 5. The molecule has 1 aliphatic rings. The highest BCUT2D eigenvalue weighted by molar-refractivity contribution is 6.33. The summed E-state index contributed by atoms with van der Waals surface area (Å²) < 4.78 is 27.6. The minimum atomic E-state index is -0.521. The number of nitrogen functional groups attached to an aromatic ring is 3. The minimum absolute atomic E-state index is 0.0206. The molecule has 1 aliphatic heterocycles. The van der Waals surface area contributed by atoms with Crippen molar-refractivity contribution in [2.75, 3.05) is 95.8 Å². The van der Waals surface area contributed by atoms with E-state index >= 15 is 0 Å². The van der Waals surface area contributed by atoms with E-state index in [0.29, 0.717) is 83.1 Å². The molecule has 1 fully saturated rings. The molecule has 0 spiro atoms. The topological polar surface area (TPSA) is 369 Å². The summed E-state index contributed by atoms with van der Waals surface area (Å²) in [4.78, 5) is 75.4. The maximum atomic E-state index is 11.7. The highest BCUT2D eigenvalue weighted by Gasteiger charge is 2.16. The molecule has 4 heterocycles. The van der Waals surface area contributed by atoms with Crippen molar-refractivity contribution in [2.45, 2.75) is 27.2 Å². The summed E-state index contributed by atoms with van der Waals surface area (Å²) in [5.41, 5.74) is 20.1. The monoisotopic (exact) mass is 1120 g/mol. The van der Waals surface area contributed by atoms with Crippen LogP contribution in [0.25, 0.3) is 0 Å². The number of aromatic nitrogens is 6. The lowest BCUT2D eigenvalue weighted by Crippen LogP contribution is -2.38. The number of rotatable bonds is 22. The van der Waals surface area contributed by atoms with Gasteiger partial charge in [0, 0.05) is 45.3 Å². The molecular formula is C51H62ClN17O11. The van der Waals surface area contributed by atoms with Crippen LogP contribution >= 0.6 is 11.6 Å². The van der Waals surface area contributed by atoms with Gasteiger partial charge >= 0.3 is 12.1 Å². The first kappa shape index (κ1) is 61.2. The Morgan fingerprint density at radius 3 is 1.61 bits per heavy atom. The Morgan fingerprint density at radius 2 is 1.11 bits per heavy atom. The van der Waals surface area contributed by atoms with Gasteiger partial charge in [-0.05, 0) is 74.9 Å². The van der Waals surface area contributed by atoms with Gasteiger partial charge < -0.3 is 76.7 Å². The summed E-state index contributed by atoms with van der Waals surface area (Å²) in [6.07, 6.45) is 7.82. The van der Waals surface area contributed by atoms with Crippen LogP contribution in [-0.2, 0) is 30.5 Å². The number of benzene rings is 3. The molecule has 0 unspecified atom stereocenters. The minimum Gasteiger partial charge on any atom is -0.438 e. The Labute approximate surface area is 465 Å². The zero-order valence-corrected chi connectivity index (χ0v) is 45.2. The summed E-state index contributed by atoms with van der Waals surface area (Å²) in [7, 11) is 2.83. The number of carbonyl (C=O) groups excluding carboxylic acids is 3. The molecule has 0 saturated carbocycles. The Balaban J connectivity index is 0.000000224. The predicted octanol–water partition coefficient (Wildman–Crippen LogP) is 5.78. The fourth-order valence-electron chi connectivity index (χ4n) is 6.44. The van der Waals surface area contributed by atoms with E-state index in [0.717, 1.165) is 38.4 Å². The van der Waals surface area contributed by atoms with Crippen LogP contribution in [0.3, 0.4) is 0 Å². The molecule has 7 rings (SSSR count). The van der Waals surface area contributed by atoms with Gasteiger partial charge in [-0.15, -0.1) is 0 Å². The number of carbonyl (C=O) groups is 3. The molecule has 4 amide bonds. The first-order valence-corrected chi connectivity index (χ1v) is 24.9. The van der Waals surface area contributed by atoms with Crippen molar-refractivity contribution in [3.63, 3.8) is 0 Å². The number of likely N-dealkylation sites (N-methyl/N-ethyl adjacent to an activating group) is 1. The van der Waals surface area contributed by atoms with Crippen LogP contribution in [-0.4, -0.2) is 145 Å². The molecule has 0 aliphatic carbocycles. The average molecular weight is 1120 g/mol. The van der Waals surface area contributed by atoms with Gasteiger partial charge in [-0.25, -0.2) is 39.5 Å². The van der Waals surface area contributed by atoms with Gasteiger partial charge in [-0.3, -0.25) is 9.69 Å². The lowest BCUT2D eigenvalue weighted by atomic mass is 10.1. The SMILES string of the molecule is CCNC(=O)Cc1ccc(Oc2ncnc(N)c2/C=N/OC)cc1.CCNC(=O)Nc1ccc(Oc2ncnc(N)c2/C=N/OCCN2CCOCC2)cc1Cl.CCNC(=O)Oc1ccc(Oc2ncnc(N)c2/C=N/OC)cc1. The van der Waals surface area contributed by atoms with Crippen LogP contribution in [0.15, 0.2) is 101 Å². The fourth-order valence-corrected chi connectivity index (χ4v) is 6.66. The van der Waals surface area contributed by atoms with Gasteiger partial charge in [0.25, 0.3) is 0 Å². The summed E-state index contributed by atoms with van der Waals surface area (Å²) in [5.74, 6) is 3.10. The normalized spacial score (nSPS) is 12.0. The molecule has 29 heteroatoms. The molecule has 0 atom stereocenters. The lowest BCUT2D eigenvalue weighted by Gasteiger charge is -2.25. The number of halogens is 1. The number of nitrogens with two attached hydrogens (primary N) is 3. The predicted molar refractivity (Wildman–Crippen MR) is 299 cm³/mol. The number of urea groups is 1. The van der Waals surface area contributed by atoms with Crippen molar-refractivity contribution in [1.82, 2.24) is 50.8 Å². The molecule has 6 aromatic rings. The number of hydrogen-bond donors (Lipinski definition) is 7.